The van der Waals surface area contributed by atoms with Gasteiger partial charge in [0.05, 0.1) is 22.8 Å². The molecule has 1 amide bonds. The highest BCUT2D eigenvalue weighted by Crippen LogP contribution is 2.42. The van der Waals surface area contributed by atoms with Crippen LogP contribution < -0.4 is 4.74 Å². The van der Waals surface area contributed by atoms with Crippen molar-refractivity contribution < 1.29 is 14.3 Å². The first kappa shape index (κ1) is 21.3. The number of fused-ring (bicyclic) bond motifs is 1. The quantitative estimate of drug-likeness (QED) is 0.637. The van der Waals surface area contributed by atoms with E-state index in [0.29, 0.717) is 23.1 Å². The molecule has 0 bridgehead atoms. The number of imidazole rings is 1. The number of carbonyl (C=O) groups excluding carboxylic acids is 1. The molecule has 2 aliphatic heterocycles. The van der Waals surface area contributed by atoms with E-state index < -0.39 is 5.60 Å². The molecule has 1 aromatic carbocycles. The Morgan fingerprint density at radius 1 is 1.20 bits per heavy atom. The van der Waals surface area contributed by atoms with E-state index in [0.717, 1.165) is 42.2 Å². The lowest BCUT2D eigenvalue weighted by atomic mass is 9.96. The molecule has 2 aromatic rings. The van der Waals surface area contributed by atoms with Gasteiger partial charge in [-0.15, -0.1) is 0 Å². The summed E-state index contributed by atoms with van der Waals surface area (Å²) in [5.41, 5.74) is 1.50. The van der Waals surface area contributed by atoms with E-state index in [4.69, 9.17) is 37.7 Å². The third-order valence-electron chi connectivity index (χ3n) is 5.70. The van der Waals surface area contributed by atoms with E-state index in [-0.39, 0.29) is 17.9 Å². The Hall–Kier alpha value is -1.92. The standard InChI is InChI=1S/C22H27Cl2N3O3/c1-22(2,3)30-21(28)26-8-7-13(10-26)16-12-27-11-14(9-18(27)25-16)19-17(29-4)6-5-15(23)20(19)24/h5-6,12-14H,7-11H2,1-4H3. The summed E-state index contributed by atoms with van der Waals surface area (Å²) >= 11 is 12.7. The third-order valence-corrected chi connectivity index (χ3v) is 6.52. The first-order chi connectivity index (χ1) is 14.2. The fraction of sp³-hybridized carbons (Fsp3) is 0.545. The topological polar surface area (TPSA) is 56.6 Å². The van der Waals surface area contributed by atoms with Gasteiger partial charge >= 0.3 is 6.09 Å². The van der Waals surface area contributed by atoms with Gasteiger partial charge in [0.2, 0.25) is 0 Å². The minimum absolute atomic E-state index is 0.171. The minimum Gasteiger partial charge on any atom is -0.496 e. The monoisotopic (exact) mass is 451 g/mol. The Kier molecular flexibility index (Phi) is 5.66. The number of nitrogens with zero attached hydrogens (tertiary/aromatic N) is 3. The van der Waals surface area contributed by atoms with Gasteiger partial charge in [0.25, 0.3) is 0 Å². The Balaban J connectivity index is 1.45. The van der Waals surface area contributed by atoms with Gasteiger partial charge in [-0.25, -0.2) is 9.78 Å². The third kappa shape index (κ3) is 4.12. The van der Waals surface area contributed by atoms with Crippen LogP contribution in [0.15, 0.2) is 18.3 Å². The van der Waals surface area contributed by atoms with Crippen molar-refractivity contribution in [2.45, 2.75) is 57.6 Å². The Morgan fingerprint density at radius 2 is 1.97 bits per heavy atom. The first-order valence-corrected chi connectivity index (χ1v) is 11.0. The van der Waals surface area contributed by atoms with Crippen molar-refractivity contribution in [2.24, 2.45) is 0 Å². The number of aromatic nitrogens is 2. The molecule has 162 valence electrons. The van der Waals surface area contributed by atoms with E-state index in [2.05, 4.69) is 10.8 Å². The first-order valence-electron chi connectivity index (χ1n) is 10.2. The van der Waals surface area contributed by atoms with Crippen molar-refractivity contribution in [1.82, 2.24) is 14.5 Å². The lowest BCUT2D eigenvalue weighted by Gasteiger charge is -2.24. The largest absolute Gasteiger partial charge is 0.496 e. The Morgan fingerprint density at radius 3 is 2.63 bits per heavy atom. The highest BCUT2D eigenvalue weighted by atomic mass is 35.5. The smallest absolute Gasteiger partial charge is 0.410 e. The maximum atomic E-state index is 12.3. The summed E-state index contributed by atoms with van der Waals surface area (Å²) in [6.07, 6.45) is 3.54. The second-order valence-corrected chi connectivity index (χ2v) is 9.81. The van der Waals surface area contributed by atoms with Crippen LogP contribution in [0.25, 0.3) is 0 Å². The number of amides is 1. The Labute approximate surface area is 187 Å². The molecule has 0 spiro atoms. The second kappa shape index (κ2) is 7.97. The second-order valence-electron chi connectivity index (χ2n) is 9.02. The number of halogens is 2. The van der Waals surface area contributed by atoms with Crippen LogP contribution in [0.4, 0.5) is 4.79 Å². The molecular weight excluding hydrogens is 425 g/mol. The summed E-state index contributed by atoms with van der Waals surface area (Å²) in [5.74, 6) is 2.19. The number of hydrogen-bond donors (Lipinski definition) is 0. The van der Waals surface area contributed by atoms with Crippen molar-refractivity contribution in [2.75, 3.05) is 20.2 Å². The zero-order valence-electron chi connectivity index (χ0n) is 17.7. The number of carbonyl (C=O) groups is 1. The van der Waals surface area contributed by atoms with E-state index in [1.165, 1.54) is 0 Å². The lowest BCUT2D eigenvalue weighted by Crippen LogP contribution is -2.35. The summed E-state index contributed by atoms with van der Waals surface area (Å²) in [4.78, 5) is 19.0. The van der Waals surface area contributed by atoms with Crippen LogP contribution in [0.5, 0.6) is 5.75 Å². The summed E-state index contributed by atoms with van der Waals surface area (Å²) in [7, 11) is 1.64. The van der Waals surface area contributed by atoms with E-state index >= 15 is 0 Å². The number of hydrogen-bond acceptors (Lipinski definition) is 4. The van der Waals surface area contributed by atoms with Gasteiger partial charge in [-0.05, 0) is 39.3 Å². The maximum Gasteiger partial charge on any atom is 0.410 e. The van der Waals surface area contributed by atoms with Gasteiger partial charge in [0.1, 0.15) is 17.2 Å². The fourth-order valence-electron chi connectivity index (χ4n) is 4.31. The number of ether oxygens (including phenoxy) is 2. The molecule has 0 N–H and O–H groups in total. The molecule has 2 unspecified atom stereocenters. The molecular formula is C22H27Cl2N3O3. The SMILES string of the molecule is COc1ccc(Cl)c(Cl)c1C1Cc2nc(C3CCN(C(=O)OC(C)(C)C)C3)cn2C1. The zero-order chi connectivity index (χ0) is 21.6. The summed E-state index contributed by atoms with van der Waals surface area (Å²) in [6.45, 7) is 7.77. The zero-order valence-corrected chi connectivity index (χ0v) is 19.3. The van der Waals surface area contributed by atoms with Gasteiger partial charge in [-0.1, -0.05) is 23.2 Å². The fourth-order valence-corrected chi connectivity index (χ4v) is 4.79. The van der Waals surface area contributed by atoms with Crippen LogP contribution in [-0.2, 0) is 17.7 Å². The number of benzene rings is 1. The van der Waals surface area contributed by atoms with Gasteiger partial charge in [-0.3, -0.25) is 0 Å². The molecule has 1 fully saturated rings. The molecule has 1 saturated heterocycles. The number of rotatable bonds is 3. The van der Waals surface area contributed by atoms with Crippen LogP contribution in [0.3, 0.4) is 0 Å². The van der Waals surface area contributed by atoms with Crippen LogP contribution in [0, 0.1) is 0 Å². The van der Waals surface area contributed by atoms with Crippen molar-refractivity contribution >= 4 is 29.3 Å². The number of likely N-dealkylation sites (tertiary alicyclic amines) is 1. The molecule has 8 heteroatoms. The molecule has 4 rings (SSSR count). The molecule has 30 heavy (non-hydrogen) atoms. The highest BCUT2D eigenvalue weighted by Gasteiger charge is 2.34. The van der Waals surface area contributed by atoms with Crippen LogP contribution in [0.1, 0.15) is 56.1 Å². The summed E-state index contributed by atoms with van der Waals surface area (Å²) in [6, 6.07) is 3.62. The average Bonchev–Trinajstić information content (AvgIpc) is 3.36. The predicted molar refractivity (Wildman–Crippen MR) is 117 cm³/mol. The normalized spacial score (nSPS) is 21.1. The maximum absolute atomic E-state index is 12.3. The minimum atomic E-state index is -0.484. The van der Waals surface area contributed by atoms with Gasteiger partial charge in [0.15, 0.2) is 0 Å². The molecule has 0 radical (unpaired) electrons. The van der Waals surface area contributed by atoms with Crippen LogP contribution in [0.2, 0.25) is 10.0 Å². The van der Waals surface area contributed by atoms with Crippen molar-refractivity contribution in [3.8, 4) is 5.75 Å². The van der Waals surface area contributed by atoms with Crippen LogP contribution in [-0.4, -0.2) is 46.3 Å². The molecule has 2 aliphatic rings. The lowest BCUT2D eigenvalue weighted by molar-refractivity contribution is 0.0292. The predicted octanol–water partition coefficient (Wildman–Crippen LogP) is 5.26. The molecule has 0 aliphatic carbocycles. The number of methoxy groups -OCH3 is 1. The molecule has 1 aromatic heterocycles. The molecule has 6 nitrogen and oxygen atoms in total. The molecule has 3 heterocycles. The summed E-state index contributed by atoms with van der Waals surface area (Å²) < 4.78 is 13.2. The van der Waals surface area contributed by atoms with Crippen LogP contribution >= 0.6 is 23.2 Å². The molecule has 0 saturated carbocycles. The van der Waals surface area contributed by atoms with E-state index in [1.807, 2.05) is 26.8 Å². The highest BCUT2D eigenvalue weighted by molar-refractivity contribution is 6.42. The average molecular weight is 452 g/mol. The molecule has 2 atom stereocenters. The van der Waals surface area contributed by atoms with E-state index in [9.17, 15) is 4.79 Å². The van der Waals surface area contributed by atoms with Gasteiger partial charge in [0, 0.05) is 49.7 Å². The Bertz CT molecular complexity index is 944. The van der Waals surface area contributed by atoms with Gasteiger partial charge in [-0.2, -0.15) is 0 Å². The van der Waals surface area contributed by atoms with Gasteiger partial charge < -0.3 is 18.9 Å². The van der Waals surface area contributed by atoms with Crippen molar-refractivity contribution in [3.63, 3.8) is 0 Å². The van der Waals surface area contributed by atoms with Crippen molar-refractivity contribution in [3.05, 3.63) is 45.5 Å². The van der Waals surface area contributed by atoms with E-state index in [1.54, 1.807) is 18.1 Å². The summed E-state index contributed by atoms with van der Waals surface area (Å²) in [5, 5.41) is 1.08. The van der Waals surface area contributed by atoms with Crippen molar-refractivity contribution in [1.29, 1.82) is 0 Å².